The van der Waals surface area contributed by atoms with Gasteiger partial charge in [0.15, 0.2) is 0 Å². The van der Waals surface area contributed by atoms with E-state index in [-0.39, 0.29) is 5.91 Å². The van der Waals surface area contributed by atoms with Crippen LogP contribution in [0.15, 0.2) is 0 Å². The Bertz CT molecular complexity index is 160. The van der Waals surface area contributed by atoms with Crippen LogP contribution >= 0.6 is 0 Å². The third kappa shape index (κ3) is 4.85. The second-order valence-electron chi connectivity index (χ2n) is 3.46. The van der Waals surface area contributed by atoms with E-state index in [1.54, 1.807) is 14.0 Å². The quantitative estimate of drug-likeness (QED) is 0.636. The predicted octanol–water partition coefficient (Wildman–Crippen LogP) is -0.0470. The molecule has 2 unspecified atom stereocenters. The van der Waals surface area contributed by atoms with Crippen molar-refractivity contribution in [3.05, 3.63) is 0 Å². The lowest BCUT2D eigenvalue weighted by molar-refractivity contribution is -0.132. The number of rotatable bonds is 5. The van der Waals surface area contributed by atoms with Crippen LogP contribution in [0, 0.1) is 0 Å². The average Bonchev–Trinajstić information content (AvgIpc) is 2.02. The molecule has 0 radical (unpaired) electrons. The SMILES string of the molecule is CCCC(N)C(=O)N(C)CC(C)O. The molecular formula is C9H20N2O2. The number of hydrogen-bond acceptors (Lipinski definition) is 3. The molecule has 4 heteroatoms. The molecule has 0 aromatic heterocycles. The van der Waals surface area contributed by atoms with Crippen LogP contribution < -0.4 is 5.73 Å². The van der Waals surface area contributed by atoms with Gasteiger partial charge in [0.1, 0.15) is 0 Å². The first-order valence-electron chi connectivity index (χ1n) is 4.67. The van der Waals surface area contributed by atoms with Crippen molar-refractivity contribution in [1.29, 1.82) is 0 Å². The number of hydrogen-bond donors (Lipinski definition) is 2. The number of aliphatic hydroxyl groups is 1. The van der Waals surface area contributed by atoms with Crippen molar-refractivity contribution >= 4 is 5.91 Å². The molecule has 0 rings (SSSR count). The van der Waals surface area contributed by atoms with E-state index in [0.717, 1.165) is 6.42 Å². The van der Waals surface area contributed by atoms with Gasteiger partial charge < -0.3 is 15.7 Å². The molecular weight excluding hydrogens is 168 g/mol. The summed E-state index contributed by atoms with van der Waals surface area (Å²) in [6, 6.07) is -0.422. The van der Waals surface area contributed by atoms with Gasteiger partial charge in [-0.25, -0.2) is 0 Å². The minimum Gasteiger partial charge on any atom is -0.392 e. The molecule has 78 valence electrons. The molecule has 0 saturated carbocycles. The van der Waals surface area contributed by atoms with Gasteiger partial charge in [0.2, 0.25) is 5.91 Å². The normalized spacial score (nSPS) is 15.2. The highest BCUT2D eigenvalue weighted by Gasteiger charge is 2.17. The second kappa shape index (κ2) is 5.94. The molecule has 4 nitrogen and oxygen atoms in total. The number of carbonyl (C=O) groups is 1. The minimum atomic E-state index is -0.497. The summed E-state index contributed by atoms with van der Waals surface area (Å²) in [7, 11) is 1.66. The highest BCUT2D eigenvalue weighted by molar-refractivity contribution is 5.81. The molecule has 0 aromatic carbocycles. The lowest BCUT2D eigenvalue weighted by atomic mass is 10.1. The number of likely N-dealkylation sites (N-methyl/N-ethyl adjacent to an activating group) is 1. The first kappa shape index (κ1) is 12.4. The minimum absolute atomic E-state index is 0.0947. The molecule has 0 aliphatic carbocycles. The zero-order chi connectivity index (χ0) is 10.4. The van der Waals surface area contributed by atoms with E-state index in [2.05, 4.69) is 0 Å². The summed E-state index contributed by atoms with van der Waals surface area (Å²) in [6.07, 6.45) is 1.10. The summed E-state index contributed by atoms with van der Waals surface area (Å²) in [5.74, 6) is -0.0947. The Morgan fingerprint density at radius 1 is 1.62 bits per heavy atom. The third-order valence-corrected chi connectivity index (χ3v) is 1.83. The average molecular weight is 188 g/mol. The van der Waals surface area contributed by atoms with Gasteiger partial charge in [-0.05, 0) is 13.3 Å². The van der Waals surface area contributed by atoms with Crippen LogP contribution in [0.3, 0.4) is 0 Å². The topological polar surface area (TPSA) is 66.6 Å². The highest BCUT2D eigenvalue weighted by Crippen LogP contribution is 1.99. The van der Waals surface area contributed by atoms with Crippen molar-refractivity contribution in [3.63, 3.8) is 0 Å². The fourth-order valence-electron chi connectivity index (χ4n) is 1.20. The number of amides is 1. The fourth-order valence-corrected chi connectivity index (χ4v) is 1.20. The summed E-state index contributed by atoms with van der Waals surface area (Å²) in [6.45, 7) is 3.98. The largest absolute Gasteiger partial charge is 0.392 e. The molecule has 3 N–H and O–H groups in total. The third-order valence-electron chi connectivity index (χ3n) is 1.83. The van der Waals surface area contributed by atoms with Crippen LogP contribution in [0.1, 0.15) is 26.7 Å². The van der Waals surface area contributed by atoms with E-state index in [0.29, 0.717) is 13.0 Å². The van der Waals surface area contributed by atoms with Gasteiger partial charge in [0, 0.05) is 13.6 Å². The lowest BCUT2D eigenvalue weighted by Crippen LogP contribution is -2.44. The lowest BCUT2D eigenvalue weighted by Gasteiger charge is -2.22. The van der Waals surface area contributed by atoms with Crippen molar-refractivity contribution in [2.75, 3.05) is 13.6 Å². The molecule has 0 saturated heterocycles. The van der Waals surface area contributed by atoms with Gasteiger partial charge in [-0.15, -0.1) is 0 Å². The smallest absolute Gasteiger partial charge is 0.239 e. The van der Waals surface area contributed by atoms with Gasteiger partial charge in [0.25, 0.3) is 0 Å². The van der Waals surface area contributed by atoms with Crippen molar-refractivity contribution in [2.24, 2.45) is 5.73 Å². The predicted molar refractivity (Wildman–Crippen MR) is 52.2 cm³/mol. The van der Waals surface area contributed by atoms with Crippen LogP contribution in [-0.4, -0.2) is 41.7 Å². The van der Waals surface area contributed by atoms with Crippen LogP contribution in [0.2, 0.25) is 0 Å². The Hall–Kier alpha value is -0.610. The van der Waals surface area contributed by atoms with Gasteiger partial charge in [-0.3, -0.25) is 4.79 Å². The zero-order valence-electron chi connectivity index (χ0n) is 8.66. The second-order valence-corrected chi connectivity index (χ2v) is 3.46. The van der Waals surface area contributed by atoms with Gasteiger partial charge >= 0.3 is 0 Å². The van der Waals surface area contributed by atoms with E-state index in [1.165, 1.54) is 4.90 Å². The maximum absolute atomic E-state index is 11.5. The molecule has 1 amide bonds. The molecule has 0 aliphatic heterocycles. The summed E-state index contributed by atoms with van der Waals surface area (Å²) in [5, 5.41) is 9.05. The number of carbonyl (C=O) groups excluding carboxylic acids is 1. The Kier molecular flexibility index (Phi) is 5.66. The van der Waals surface area contributed by atoms with E-state index >= 15 is 0 Å². The monoisotopic (exact) mass is 188 g/mol. The van der Waals surface area contributed by atoms with Gasteiger partial charge in [-0.1, -0.05) is 13.3 Å². The fraction of sp³-hybridized carbons (Fsp3) is 0.889. The van der Waals surface area contributed by atoms with E-state index in [1.807, 2.05) is 6.92 Å². The van der Waals surface area contributed by atoms with Crippen LogP contribution in [-0.2, 0) is 4.79 Å². The van der Waals surface area contributed by atoms with Crippen molar-refractivity contribution in [2.45, 2.75) is 38.8 Å². The number of nitrogens with two attached hydrogens (primary N) is 1. The molecule has 0 aromatic rings. The Labute approximate surface area is 79.7 Å². The maximum Gasteiger partial charge on any atom is 0.239 e. The highest BCUT2D eigenvalue weighted by atomic mass is 16.3. The van der Waals surface area contributed by atoms with E-state index < -0.39 is 12.1 Å². The van der Waals surface area contributed by atoms with Crippen molar-refractivity contribution in [3.8, 4) is 0 Å². The standard InChI is InChI=1S/C9H20N2O2/c1-4-5-8(10)9(13)11(3)6-7(2)12/h7-8,12H,4-6,10H2,1-3H3. The van der Waals surface area contributed by atoms with Gasteiger partial charge in [-0.2, -0.15) is 0 Å². The molecule has 0 fully saturated rings. The molecule has 0 aliphatic rings. The summed E-state index contributed by atoms with van der Waals surface area (Å²) in [5.41, 5.74) is 5.63. The first-order valence-corrected chi connectivity index (χ1v) is 4.67. The Morgan fingerprint density at radius 3 is 2.54 bits per heavy atom. The maximum atomic E-state index is 11.5. The van der Waals surface area contributed by atoms with Crippen LogP contribution in [0.4, 0.5) is 0 Å². The zero-order valence-corrected chi connectivity index (χ0v) is 8.66. The first-order chi connectivity index (χ1) is 5.99. The Morgan fingerprint density at radius 2 is 2.15 bits per heavy atom. The van der Waals surface area contributed by atoms with E-state index in [4.69, 9.17) is 10.8 Å². The number of nitrogens with zero attached hydrogens (tertiary/aromatic N) is 1. The molecule has 0 bridgehead atoms. The molecule has 2 atom stereocenters. The molecule has 0 heterocycles. The van der Waals surface area contributed by atoms with Crippen LogP contribution in [0.25, 0.3) is 0 Å². The number of aliphatic hydroxyl groups excluding tert-OH is 1. The van der Waals surface area contributed by atoms with Crippen LogP contribution in [0.5, 0.6) is 0 Å². The van der Waals surface area contributed by atoms with E-state index in [9.17, 15) is 4.79 Å². The molecule has 0 spiro atoms. The summed E-state index contributed by atoms with van der Waals surface area (Å²) >= 11 is 0. The van der Waals surface area contributed by atoms with Gasteiger partial charge in [0.05, 0.1) is 12.1 Å². The molecule has 13 heavy (non-hydrogen) atoms. The van der Waals surface area contributed by atoms with Crippen molar-refractivity contribution in [1.82, 2.24) is 4.90 Å². The Balaban J connectivity index is 3.94. The summed E-state index contributed by atoms with van der Waals surface area (Å²) in [4.78, 5) is 12.9. The summed E-state index contributed by atoms with van der Waals surface area (Å²) < 4.78 is 0. The van der Waals surface area contributed by atoms with Crippen molar-refractivity contribution < 1.29 is 9.90 Å².